The summed E-state index contributed by atoms with van der Waals surface area (Å²) < 4.78 is 0. The molecule has 5 atom stereocenters. The van der Waals surface area contributed by atoms with E-state index < -0.39 is 12.1 Å². The van der Waals surface area contributed by atoms with Gasteiger partial charge in [-0.15, -0.1) is 11.6 Å². The molecule has 1 aromatic carbocycles. The second kappa shape index (κ2) is 9.63. The Morgan fingerprint density at radius 1 is 1.31 bits per heavy atom. The molecule has 160 valence electrons. The SMILES string of the molecule is CCC1(C(O)C/C=C/[C@H]2C(O)CC(Cl)[C@@H]2CCc2ccc(C(=O)O)cc2)CCC1. The van der Waals surface area contributed by atoms with Gasteiger partial charge in [0.05, 0.1) is 17.8 Å². The van der Waals surface area contributed by atoms with Crippen LogP contribution < -0.4 is 0 Å². The fourth-order valence-electron chi connectivity index (χ4n) is 5.05. The number of carboxylic acids is 1. The lowest BCUT2D eigenvalue weighted by Gasteiger charge is -2.45. The largest absolute Gasteiger partial charge is 0.478 e. The molecule has 0 spiro atoms. The van der Waals surface area contributed by atoms with E-state index in [0.29, 0.717) is 12.8 Å². The Labute approximate surface area is 178 Å². The zero-order valence-corrected chi connectivity index (χ0v) is 17.9. The first kappa shape index (κ1) is 22.3. The maximum Gasteiger partial charge on any atom is 0.335 e. The van der Waals surface area contributed by atoms with E-state index in [2.05, 4.69) is 13.0 Å². The van der Waals surface area contributed by atoms with E-state index >= 15 is 0 Å². The van der Waals surface area contributed by atoms with Crippen molar-refractivity contribution in [2.45, 2.75) is 75.9 Å². The van der Waals surface area contributed by atoms with Gasteiger partial charge in [-0.3, -0.25) is 0 Å². The van der Waals surface area contributed by atoms with Crippen molar-refractivity contribution in [1.82, 2.24) is 0 Å². The van der Waals surface area contributed by atoms with Crippen LogP contribution in [0.5, 0.6) is 0 Å². The second-order valence-electron chi connectivity index (χ2n) is 8.85. The number of halogens is 1. The maximum absolute atomic E-state index is 11.0. The maximum atomic E-state index is 11.0. The quantitative estimate of drug-likeness (QED) is 0.395. The highest BCUT2D eigenvalue weighted by molar-refractivity contribution is 6.21. The first-order chi connectivity index (χ1) is 13.9. The van der Waals surface area contributed by atoms with Crippen LogP contribution in [0.4, 0.5) is 0 Å². The van der Waals surface area contributed by atoms with Crippen LogP contribution >= 0.6 is 11.6 Å². The number of aryl methyl sites for hydroxylation is 1. The summed E-state index contributed by atoms with van der Waals surface area (Å²) in [6.07, 6.45) is 10.6. The minimum Gasteiger partial charge on any atom is -0.478 e. The smallest absolute Gasteiger partial charge is 0.335 e. The summed E-state index contributed by atoms with van der Waals surface area (Å²) in [4.78, 5) is 11.0. The Balaban J connectivity index is 1.57. The molecule has 2 fully saturated rings. The number of aliphatic hydroxyl groups is 2. The zero-order chi connectivity index (χ0) is 21.0. The van der Waals surface area contributed by atoms with E-state index in [-0.39, 0.29) is 34.3 Å². The molecular formula is C24H33ClO4. The van der Waals surface area contributed by atoms with Crippen molar-refractivity contribution in [2.24, 2.45) is 17.3 Å². The number of hydrogen-bond acceptors (Lipinski definition) is 3. The van der Waals surface area contributed by atoms with Crippen molar-refractivity contribution in [3.8, 4) is 0 Å². The third kappa shape index (κ3) is 5.04. The van der Waals surface area contributed by atoms with Gasteiger partial charge in [0.15, 0.2) is 0 Å². The Bertz CT molecular complexity index is 705. The zero-order valence-electron chi connectivity index (χ0n) is 17.1. The van der Waals surface area contributed by atoms with E-state index in [9.17, 15) is 15.0 Å². The number of rotatable bonds is 9. The molecule has 2 saturated carbocycles. The minimum atomic E-state index is -0.921. The predicted molar refractivity (Wildman–Crippen MR) is 115 cm³/mol. The molecule has 1 aromatic rings. The molecule has 3 unspecified atom stereocenters. The van der Waals surface area contributed by atoms with E-state index in [1.807, 2.05) is 18.2 Å². The highest BCUT2D eigenvalue weighted by Crippen LogP contribution is 2.48. The van der Waals surface area contributed by atoms with Crippen LogP contribution in [0.1, 0.15) is 67.8 Å². The Morgan fingerprint density at radius 2 is 2.00 bits per heavy atom. The number of carboxylic acid groups (broad SMARTS) is 1. The molecule has 29 heavy (non-hydrogen) atoms. The van der Waals surface area contributed by atoms with Crippen LogP contribution in [0.15, 0.2) is 36.4 Å². The van der Waals surface area contributed by atoms with Crippen LogP contribution in [0, 0.1) is 17.3 Å². The highest BCUT2D eigenvalue weighted by atomic mass is 35.5. The van der Waals surface area contributed by atoms with Crippen molar-refractivity contribution in [3.63, 3.8) is 0 Å². The van der Waals surface area contributed by atoms with Gasteiger partial charge in [-0.05, 0) is 74.0 Å². The Morgan fingerprint density at radius 3 is 2.55 bits per heavy atom. The minimum absolute atomic E-state index is 0.00181. The standard InChI is InChI=1S/C24H33ClO4/c1-2-24(13-4-14-24)22(27)6-3-5-19-18(20(25)15-21(19)26)12-9-16-7-10-17(11-8-16)23(28)29/h3,5,7-8,10-11,18-22,26-27H,2,4,6,9,12-15H2,1H3,(H,28,29)/b5-3+/t18-,19-,20?,21?,22?/m1/s1. The fraction of sp³-hybridized carbons (Fsp3) is 0.625. The van der Waals surface area contributed by atoms with Crippen LogP contribution in [0.3, 0.4) is 0 Å². The third-order valence-electron chi connectivity index (χ3n) is 7.32. The van der Waals surface area contributed by atoms with Gasteiger partial charge in [0.2, 0.25) is 0 Å². The molecule has 0 saturated heterocycles. The van der Waals surface area contributed by atoms with Crippen LogP contribution in [0.2, 0.25) is 0 Å². The molecule has 5 heteroatoms. The first-order valence-corrected chi connectivity index (χ1v) is 11.3. The van der Waals surface area contributed by atoms with Crippen molar-refractivity contribution >= 4 is 17.6 Å². The van der Waals surface area contributed by atoms with Gasteiger partial charge in [0.25, 0.3) is 0 Å². The van der Waals surface area contributed by atoms with Crippen LogP contribution in [-0.4, -0.2) is 38.9 Å². The normalized spacial score (nSPS) is 29.7. The summed E-state index contributed by atoms with van der Waals surface area (Å²) in [6.45, 7) is 2.16. The van der Waals surface area contributed by atoms with E-state index in [0.717, 1.165) is 37.7 Å². The van der Waals surface area contributed by atoms with E-state index in [1.165, 1.54) is 6.42 Å². The molecule has 0 amide bonds. The number of aromatic carboxylic acids is 1. The third-order valence-corrected chi connectivity index (χ3v) is 7.82. The molecule has 3 rings (SSSR count). The molecule has 2 aliphatic carbocycles. The Hall–Kier alpha value is -1.36. The van der Waals surface area contributed by atoms with Crippen molar-refractivity contribution in [1.29, 1.82) is 0 Å². The number of benzene rings is 1. The predicted octanol–water partition coefficient (Wildman–Crippen LogP) is 4.81. The molecule has 0 heterocycles. The lowest BCUT2D eigenvalue weighted by atomic mass is 9.63. The van der Waals surface area contributed by atoms with E-state index in [4.69, 9.17) is 16.7 Å². The second-order valence-corrected chi connectivity index (χ2v) is 9.41. The van der Waals surface area contributed by atoms with Gasteiger partial charge in [-0.1, -0.05) is 37.6 Å². The first-order valence-electron chi connectivity index (χ1n) is 10.9. The average Bonchev–Trinajstić information content (AvgIpc) is 2.93. The number of aliphatic hydroxyl groups excluding tert-OH is 2. The molecule has 0 aromatic heterocycles. The van der Waals surface area contributed by atoms with Gasteiger partial charge >= 0.3 is 5.97 Å². The van der Waals surface area contributed by atoms with Gasteiger partial charge in [-0.2, -0.15) is 0 Å². The van der Waals surface area contributed by atoms with Crippen molar-refractivity contribution in [3.05, 3.63) is 47.5 Å². The summed E-state index contributed by atoms with van der Waals surface area (Å²) in [5.41, 5.74) is 1.46. The molecular weight excluding hydrogens is 388 g/mol. The van der Waals surface area contributed by atoms with Gasteiger partial charge in [0, 0.05) is 11.3 Å². The Kier molecular flexibility index (Phi) is 7.42. The molecule has 3 N–H and O–H groups in total. The summed E-state index contributed by atoms with van der Waals surface area (Å²) in [5, 5.41) is 30.0. The lowest BCUT2D eigenvalue weighted by molar-refractivity contribution is -0.0355. The molecule has 4 nitrogen and oxygen atoms in total. The van der Waals surface area contributed by atoms with Gasteiger partial charge < -0.3 is 15.3 Å². The monoisotopic (exact) mass is 420 g/mol. The number of alkyl halides is 1. The molecule has 0 radical (unpaired) electrons. The fourth-order valence-corrected chi connectivity index (χ4v) is 5.53. The topological polar surface area (TPSA) is 77.8 Å². The number of carbonyl (C=O) groups is 1. The summed E-state index contributed by atoms with van der Waals surface area (Å²) >= 11 is 6.55. The van der Waals surface area contributed by atoms with Gasteiger partial charge in [0.1, 0.15) is 0 Å². The van der Waals surface area contributed by atoms with Gasteiger partial charge in [-0.25, -0.2) is 4.79 Å². The summed E-state index contributed by atoms with van der Waals surface area (Å²) in [7, 11) is 0. The van der Waals surface area contributed by atoms with Crippen LogP contribution in [0.25, 0.3) is 0 Å². The molecule has 0 aliphatic heterocycles. The lowest BCUT2D eigenvalue weighted by Crippen LogP contribution is -2.40. The van der Waals surface area contributed by atoms with Crippen molar-refractivity contribution < 1.29 is 20.1 Å². The molecule has 0 bridgehead atoms. The van der Waals surface area contributed by atoms with E-state index in [1.54, 1.807) is 12.1 Å². The number of hydrogen-bond donors (Lipinski definition) is 3. The average molecular weight is 421 g/mol. The van der Waals surface area contributed by atoms with Crippen molar-refractivity contribution in [2.75, 3.05) is 0 Å². The molecule has 2 aliphatic rings. The van der Waals surface area contributed by atoms with Crippen LogP contribution in [-0.2, 0) is 6.42 Å². The summed E-state index contributed by atoms with van der Waals surface area (Å²) in [6, 6.07) is 6.95. The highest BCUT2D eigenvalue weighted by Gasteiger charge is 2.42. The summed E-state index contributed by atoms with van der Waals surface area (Å²) in [5.74, 6) is -0.750.